The molecule has 0 saturated carbocycles. The fraction of sp³-hybridized carbons (Fsp3) is 0.385. The zero-order valence-electron chi connectivity index (χ0n) is 10.5. The van der Waals surface area contributed by atoms with E-state index in [-0.39, 0.29) is 18.9 Å². The SMILES string of the molecule is O=C(O)CC1COCCN1C(=O)c1cc(Br)ccc1Cl. The van der Waals surface area contributed by atoms with Crippen molar-refractivity contribution in [1.29, 1.82) is 0 Å². The maximum atomic E-state index is 12.5. The Morgan fingerprint density at radius 2 is 2.25 bits per heavy atom. The molecule has 0 bridgehead atoms. The molecule has 1 fully saturated rings. The van der Waals surface area contributed by atoms with E-state index in [0.29, 0.717) is 23.7 Å². The lowest BCUT2D eigenvalue weighted by molar-refractivity contribution is -0.139. The maximum absolute atomic E-state index is 12.5. The van der Waals surface area contributed by atoms with E-state index < -0.39 is 12.0 Å². The van der Waals surface area contributed by atoms with Crippen molar-refractivity contribution >= 4 is 39.4 Å². The van der Waals surface area contributed by atoms with Gasteiger partial charge in [-0.3, -0.25) is 9.59 Å². The second-order valence-electron chi connectivity index (χ2n) is 4.45. The Labute approximate surface area is 129 Å². The number of benzene rings is 1. The van der Waals surface area contributed by atoms with Crippen molar-refractivity contribution in [3.05, 3.63) is 33.3 Å². The summed E-state index contributed by atoms with van der Waals surface area (Å²) in [5.74, 6) is -1.23. The van der Waals surface area contributed by atoms with Crippen LogP contribution in [0.1, 0.15) is 16.8 Å². The van der Waals surface area contributed by atoms with Crippen LogP contribution in [-0.2, 0) is 9.53 Å². The molecule has 1 aromatic rings. The Morgan fingerprint density at radius 3 is 2.95 bits per heavy atom. The van der Waals surface area contributed by atoms with Crippen molar-refractivity contribution in [3.8, 4) is 0 Å². The molecule has 1 saturated heterocycles. The van der Waals surface area contributed by atoms with Gasteiger partial charge in [0, 0.05) is 11.0 Å². The molecule has 0 aromatic heterocycles. The fourth-order valence-electron chi connectivity index (χ4n) is 2.11. The number of nitrogens with zero attached hydrogens (tertiary/aromatic N) is 1. The summed E-state index contributed by atoms with van der Waals surface area (Å²) >= 11 is 9.34. The van der Waals surface area contributed by atoms with Crippen molar-refractivity contribution in [2.24, 2.45) is 0 Å². The largest absolute Gasteiger partial charge is 0.481 e. The highest BCUT2D eigenvalue weighted by Crippen LogP contribution is 2.24. The monoisotopic (exact) mass is 361 g/mol. The third-order valence-corrected chi connectivity index (χ3v) is 3.88. The molecule has 20 heavy (non-hydrogen) atoms. The van der Waals surface area contributed by atoms with Crippen molar-refractivity contribution in [2.45, 2.75) is 12.5 Å². The van der Waals surface area contributed by atoms with Crippen LogP contribution in [-0.4, -0.2) is 47.7 Å². The van der Waals surface area contributed by atoms with E-state index in [9.17, 15) is 9.59 Å². The maximum Gasteiger partial charge on any atom is 0.305 e. The second-order valence-corrected chi connectivity index (χ2v) is 5.77. The van der Waals surface area contributed by atoms with Gasteiger partial charge in [-0.05, 0) is 18.2 Å². The van der Waals surface area contributed by atoms with Gasteiger partial charge in [-0.25, -0.2) is 0 Å². The van der Waals surface area contributed by atoms with Crippen LogP contribution in [0.25, 0.3) is 0 Å². The van der Waals surface area contributed by atoms with Gasteiger partial charge >= 0.3 is 5.97 Å². The first-order valence-electron chi connectivity index (χ1n) is 6.04. The standard InChI is InChI=1S/C13H13BrClNO4/c14-8-1-2-11(15)10(5-8)13(19)16-3-4-20-7-9(16)6-12(17)18/h1-2,5,9H,3-4,6-7H2,(H,17,18). The molecular formula is C13H13BrClNO4. The van der Waals surface area contributed by atoms with Gasteiger partial charge in [0.25, 0.3) is 5.91 Å². The molecule has 1 aliphatic rings. The van der Waals surface area contributed by atoms with E-state index in [2.05, 4.69) is 15.9 Å². The van der Waals surface area contributed by atoms with Gasteiger partial charge in [-0.1, -0.05) is 27.5 Å². The molecule has 0 spiro atoms. The first-order chi connectivity index (χ1) is 9.49. The molecule has 108 valence electrons. The van der Waals surface area contributed by atoms with E-state index in [1.165, 1.54) is 4.90 Å². The predicted molar refractivity (Wildman–Crippen MR) is 77.0 cm³/mol. The molecule has 2 rings (SSSR count). The predicted octanol–water partition coefficient (Wildman–Crippen LogP) is 2.42. The van der Waals surface area contributed by atoms with E-state index >= 15 is 0 Å². The number of carbonyl (C=O) groups excluding carboxylic acids is 1. The van der Waals surface area contributed by atoms with Crippen molar-refractivity contribution in [3.63, 3.8) is 0 Å². The van der Waals surface area contributed by atoms with Crippen LogP contribution >= 0.6 is 27.5 Å². The third kappa shape index (κ3) is 3.50. The number of halogens is 2. The van der Waals surface area contributed by atoms with Gasteiger partial charge in [-0.15, -0.1) is 0 Å². The number of hydrogen-bond donors (Lipinski definition) is 1. The zero-order valence-corrected chi connectivity index (χ0v) is 12.9. The minimum atomic E-state index is -0.960. The molecule has 1 aliphatic heterocycles. The van der Waals surface area contributed by atoms with Gasteiger partial charge in [0.2, 0.25) is 0 Å². The van der Waals surface area contributed by atoms with Crippen LogP contribution in [0.4, 0.5) is 0 Å². The van der Waals surface area contributed by atoms with Crippen molar-refractivity contribution < 1.29 is 19.4 Å². The van der Waals surface area contributed by atoms with Crippen LogP contribution in [0.3, 0.4) is 0 Å². The number of rotatable bonds is 3. The molecule has 1 aromatic carbocycles. The number of carboxylic acid groups (broad SMARTS) is 1. The summed E-state index contributed by atoms with van der Waals surface area (Å²) < 4.78 is 6.00. The number of amides is 1. The molecular weight excluding hydrogens is 350 g/mol. The van der Waals surface area contributed by atoms with E-state index in [1.807, 2.05) is 0 Å². The highest BCUT2D eigenvalue weighted by atomic mass is 79.9. The Hall–Kier alpha value is -1.11. The Kier molecular flexibility index (Phi) is 5.01. The first-order valence-corrected chi connectivity index (χ1v) is 7.21. The molecule has 0 radical (unpaired) electrons. The lowest BCUT2D eigenvalue weighted by Gasteiger charge is -2.35. The highest BCUT2D eigenvalue weighted by Gasteiger charge is 2.30. The average Bonchev–Trinajstić information content (AvgIpc) is 2.41. The van der Waals surface area contributed by atoms with Crippen molar-refractivity contribution in [2.75, 3.05) is 19.8 Å². The van der Waals surface area contributed by atoms with Crippen molar-refractivity contribution in [1.82, 2.24) is 4.90 Å². The number of carbonyl (C=O) groups is 2. The van der Waals surface area contributed by atoms with Crippen LogP contribution in [0.5, 0.6) is 0 Å². The Bertz CT molecular complexity index is 537. The summed E-state index contributed by atoms with van der Waals surface area (Å²) in [6.07, 6.45) is -0.142. The summed E-state index contributed by atoms with van der Waals surface area (Å²) in [6.45, 7) is 0.983. The van der Waals surface area contributed by atoms with E-state index in [1.54, 1.807) is 18.2 Å². The van der Waals surface area contributed by atoms with Gasteiger partial charge in [0.15, 0.2) is 0 Å². The van der Waals surface area contributed by atoms with Gasteiger partial charge in [0.1, 0.15) is 0 Å². The van der Waals surface area contributed by atoms with Crippen LogP contribution < -0.4 is 0 Å². The molecule has 1 N–H and O–H groups in total. The molecule has 1 unspecified atom stereocenters. The molecule has 1 amide bonds. The summed E-state index contributed by atoms with van der Waals surface area (Å²) in [4.78, 5) is 24.9. The second kappa shape index (κ2) is 6.56. The minimum absolute atomic E-state index is 0.142. The smallest absolute Gasteiger partial charge is 0.305 e. The minimum Gasteiger partial charge on any atom is -0.481 e. The molecule has 5 nitrogen and oxygen atoms in total. The molecule has 1 heterocycles. The molecule has 1 atom stereocenters. The Balaban J connectivity index is 2.25. The summed E-state index contributed by atoms with van der Waals surface area (Å²) in [5, 5.41) is 9.25. The lowest BCUT2D eigenvalue weighted by Crippen LogP contribution is -2.49. The van der Waals surface area contributed by atoms with Gasteiger partial charge < -0.3 is 14.7 Å². The van der Waals surface area contributed by atoms with E-state index in [0.717, 1.165) is 4.47 Å². The number of carboxylic acids is 1. The molecule has 7 heteroatoms. The normalized spacial score (nSPS) is 18.9. The summed E-state index contributed by atoms with van der Waals surface area (Å²) in [7, 11) is 0. The highest BCUT2D eigenvalue weighted by molar-refractivity contribution is 9.10. The van der Waals surface area contributed by atoms with Crippen LogP contribution in [0, 0.1) is 0 Å². The van der Waals surface area contributed by atoms with Gasteiger partial charge in [-0.2, -0.15) is 0 Å². The quantitative estimate of drug-likeness (QED) is 0.897. The lowest BCUT2D eigenvalue weighted by atomic mass is 10.1. The molecule has 0 aliphatic carbocycles. The fourth-order valence-corrected chi connectivity index (χ4v) is 2.67. The first kappa shape index (κ1) is 15.3. The van der Waals surface area contributed by atoms with Crippen LogP contribution in [0.15, 0.2) is 22.7 Å². The third-order valence-electron chi connectivity index (χ3n) is 3.06. The van der Waals surface area contributed by atoms with E-state index in [4.69, 9.17) is 21.4 Å². The van der Waals surface area contributed by atoms with Gasteiger partial charge in [0.05, 0.1) is 36.3 Å². The average molecular weight is 363 g/mol. The number of hydrogen-bond acceptors (Lipinski definition) is 3. The Morgan fingerprint density at radius 1 is 1.50 bits per heavy atom. The number of aliphatic carboxylic acids is 1. The zero-order chi connectivity index (χ0) is 14.7. The summed E-state index contributed by atoms with van der Waals surface area (Å²) in [5.41, 5.74) is 0.360. The topological polar surface area (TPSA) is 66.8 Å². The number of ether oxygens (including phenoxy) is 1. The van der Waals surface area contributed by atoms with Crippen LogP contribution in [0.2, 0.25) is 5.02 Å². The number of morpholine rings is 1. The summed E-state index contributed by atoms with van der Waals surface area (Å²) in [6, 6.07) is 4.54.